The molecule has 0 saturated carbocycles. The molecule has 3 aromatic rings. The molecule has 1 fully saturated rings. The molecule has 0 bridgehead atoms. The van der Waals surface area contributed by atoms with Gasteiger partial charge in [0.1, 0.15) is 5.75 Å². The highest BCUT2D eigenvalue weighted by atomic mass is 16.5. The highest BCUT2D eigenvalue weighted by Crippen LogP contribution is 2.46. The second kappa shape index (κ2) is 8.20. The Morgan fingerprint density at radius 3 is 2.76 bits per heavy atom. The van der Waals surface area contributed by atoms with Crippen molar-refractivity contribution in [3.8, 4) is 5.75 Å². The summed E-state index contributed by atoms with van der Waals surface area (Å²) < 4.78 is 5.39. The molecule has 2 aliphatic rings. The molecule has 2 N–H and O–H groups in total. The minimum Gasteiger partial charge on any atom is -0.497 e. The van der Waals surface area contributed by atoms with E-state index in [0.29, 0.717) is 36.5 Å². The molecule has 0 unspecified atom stereocenters. The van der Waals surface area contributed by atoms with E-state index in [4.69, 9.17) is 4.74 Å². The van der Waals surface area contributed by atoms with Crippen LogP contribution in [0.5, 0.6) is 5.75 Å². The minimum atomic E-state index is -1.19. The Labute approximate surface area is 197 Å². The standard InChI is InChI=1S/C26H28N4O4/c1-4-5-13-27-23(31)18-8-6-7-9-21(18)30-24(32)26(2)22-17(12-14-29(26)25(30)33)19-15-16(34-3)10-11-20(19)28-22/h6-11,15,28H,4-5,12-14H2,1-3H3,(H,27,31)/t26-/m0/s1. The number of urea groups is 1. The first kappa shape index (κ1) is 22.0. The lowest BCUT2D eigenvalue weighted by molar-refractivity contribution is -0.125. The maximum Gasteiger partial charge on any atom is 0.332 e. The smallest absolute Gasteiger partial charge is 0.332 e. The topological polar surface area (TPSA) is 94.7 Å². The van der Waals surface area contributed by atoms with E-state index in [1.807, 2.05) is 25.1 Å². The summed E-state index contributed by atoms with van der Waals surface area (Å²) in [7, 11) is 1.62. The Balaban J connectivity index is 1.58. The van der Waals surface area contributed by atoms with Crippen LogP contribution >= 0.6 is 0 Å². The van der Waals surface area contributed by atoms with Crippen LogP contribution < -0.4 is 15.0 Å². The van der Waals surface area contributed by atoms with Crippen molar-refractivity contribution in [2.75, 3.05) is 25.1 Å². The fourth-order valence-corrected chi connectivity index (χ4v) is 5.09. The molecule has 0 spiro atoms. The predicted octanol–water partition coefficient (Wildman–Crippen LogP) is 3.95. The Morgan fingerprint density at radius 2 is 2.00 bits per heavy atom. The molecular weight excluding hydrogens is 432 g/mol. The third-order valence-corrected chi connectivity index (χ3v) is 6.97. The second-order valence-electron chi connectivity index (χ2n) is 8.91. The van der Waals surface area contributed by atoms with Gasteiger partial charge >= 0.3 is 6.03 Å². The van der Waals surface area contributed by atoms with E-state index in [1.165, 1.54) is 0 Å². The summed E-state index contributed by atoms with van der Waals surface area (Å²) >= 11 is 0. The first-order valence-corrected chi connectivity index (χ1v) is 11.6. The van der Waals surface area contributed by atoms with E-state index >= 15 is 0 Å². The van der Waals surface area contributed by atoms with Crippen LogP contribution in [0.1, 0.15) is 48.3 Å². The molecule has 5 rings (SSSR count). The summed E-state index contributed by atoms with van der Waals surface area (Å²) in [5.41, 5.74) is 2.05. The summed E-state index contributed by atoms with van der Waals surface area (Å²) in [6.07, 6.45) is 2.43. The van der Waals surface area contributed by atoms with Crippen molar-refractivity contribution in [1.82, 2.24) is 15.2 Å². The van der Waals surface area contributed by atoms with Crippen molar-refractivity contribution in [2.45, 2.75) is 38.6 Å². The third kappa shape index (κ3) is 3.09. The first-order chi connectivity index (χ1) is 16.4. The number of methoxy groups -OCH3 is 1. The number of aromatic nitrogens is 1. The van der Waals surface area contributed by atoms with Crippen molar-refractivity contribution in [3.05, 3.63) is 59.3 Å². The van der Waals surface area contributed by atoms with E-state index in [9.17, 15) is 14.4 Å². The van der Waals surface area contributed by atoms with Crippen molar-refractivity contribution < 1.29 is 19.1 Å². The van der Waals surface area contributed by atoms with Gasteiger partial charge in [-0.2, -0.15) is 0 Å². The number of amides is 4. The fourth-order valence-electron chi connectivity index (χ4n) is 5.09. The van der Waals surface area contributed by atoms with E-state index < -0.39 is 11.6 Å². The number of nitrogens with one attached hydrogen (secondary N) is 2. The number of anilines is 1. The highest BCUT2D eigenvalue weighted by Gasteiger charge is 2.59. The molecule has 2 aliphatic heterocycles. The summed E-state index contributed by atoms with van der Waals surface area (Å²) in [6, 6.07) is 12.1. The number of carbonyl (C=O) groups is 3. The Morgan fingerprint density at radius 1 is 1.21 bits per heavy atom. The van der Waals surface area contributed by atoms with Gasteiger partial charge in [-0.05, 0) is 55.7 Å². The Hall–Kier alpha value is -3.81. The van der Waals surface area contributed by atoms with Gasteiger partial charge in [-0.15, -0.1) is 0 Å². The van der Waals surface area contributed by atoms with E-state index in [0.717, 1.165) is 40.0 Å². The van der Waals surface area contributed by atoms with Crippen LogP contribution in [0, 0.1) is 0 Å². The number of hydrogen-bond donors (Lipinski definition) is 2. The lowest BCUT2D eigenvalue weighted by Gasteiger charge is -2.35. The zero-order chi connectivity index (χ0) is 24.0. The largest absolute Gasteiger partial charge is 0.497 e. The molecule has 3 heterocycles. The molecule has 0 radical (unpaired) electrons. The molecule has 4 amide bonds. The van der Waals surface area contributed by atoms with Crippen molar-refractivity contribution in [2.24, 2.45) is 0 Å². The van der Waals surface area contributed by atoms with Crippen LogP contribution in [-0.2, 0) is 16.8 Å². The number of hydrogen-bond acceptors (Lipinski definition) is 4. The molecule has 8 nitrogen and oxygen atoms in total. The van der Waals surface area contributed by atoms with Crippen LogP contribution in [0.25, 0.3) is 10.9 Å². The molecule has 8 heteroatoms. The number of imide groups is 1. The number of carbonyl (C=O) groups excluding carboxylic acids is 3. The van der Waals surface area contributed by atoms with Crippen LogP contribution in [0.2, 0.25) is 0 Å². The quantitative estimate of drug-likeness (QED) is 0.430. The number of fused-ring (bicyclic) bond motifs is 5. The van der Waals surface area contributed by atoms with Gasteiger partial charge in [-0.1, -0.05) is 25.5 Å². The summed E-state index contributed by atoms with van der Waals surface area (Å²) in [5.74, 6) is 0.0733. The summed E-state index contributed by atoms with van der Waals surface area (Å²) in [6.45, 7) is 4.77. The minimum absolute atomic E-state index is 0.293. The average Bonchev–Trinajstić information content (AvgIpc) is 3.32. The first-order valence-electron chi connectivity index (χ1n) is 11.6. The highest BCUT2D eigenvalue weighted by molar-refractivity contribution is 6.25. The van der Waals surface area contributed by atoms with E-state index in [-0.39, 0.29) is 11.8 Å². The molecule has 176 valence electrons. The zero-order valence-electron chi connectivity index (χ0n) is 19.6. The number of nitrogens with zero attached hydrogens (tertiary/aromatic N) is 2. The van der Waals surface area contributed by atoms with Gasteiger partial charge in [0.15, 0.2) is 5.54 Å². The molecular formula is C26H28N4O4. The van der Waals surface area contributed by atoms with E-state index in [1.54, 1.807) is 43.2 Å². The number of benzene rings is 2. The van der Waals surface area contributed by atoms with Crippen LogP contribution in [0.15, 0.2) is 42.5 Å². The maximum absolute atomic E-state index is 14.0. The van der Waals surface area contributed by atoms with Crippen molar-refractivity contribution in [3.63, 3.8) is 0 Å². The number of ether oxygens (including phenoxy) is 1. The van der Waals surface area contributed by atoms with Crippen LogP contribution in [0.4, 0.5) is 10.5 Å². The maximum atomic E-state index is 14.0. The number of para-hydroxylation sites is 1. The van der Waals surface area contributed by atoms with Gasteiger partial charge in [0.2, 0.25) is 0 Å². The van der Waals surface area contributed by atoms with Gasteiger partial charge in [-0.25, -0.2) is 9.69 Å². The summed E-state index contributed by atoms with van der Waals surface area (Å²) in [4.78, 5) is 46.6. The van der Waals surface area contributed by atoms with Gasteiger partial charge in [0, 0.05) is 24.0 Å². The predicted molar refractivity (Wildman–Crippen MR) is 129 cm³/mol. The molecule has 2 aromatic carbocycles. The van der Waals surface area contributed by atoms with Crippen molar-refractivity contribution in [1.29, 1.82) is 0 Å². The molecule has 0 aliphatic carbocycles. The van der Waals surface area contributed by atoms with Gasteiger partial charge in [-0.3, -0.25) is 9.59 Å². The molecule has 1 aromatic heterocycles. The summed E-state index contributed by atoms with van der Waals surface area (Å²) in [5, 5.41) is 3.88. The van der Waals surface area contributed by atoms with Crippen molar-refractivity contribution >= 4 is 34.4 Å². The lowest BCUT2D eigenvalue weighted by atomic mass is 9.87. The zero-order valence-corrected chi connectivity index (χ0v) is 19.6. The monoisotopic (exact) mass is 460 g/mol. The molecule has 34 heavy (non-hydrogen) atoms. The number of rotatable bonds is 6. The second-order valence-corrected chi connectivity index (χ2v) is 8.91. The van der Waals surface area contributed by atoms with Gasteiger partial charge in [0.25, 0.3) is 11.8 Å². The van der Waals surface area contributed by atoms with E-state index in [2.05, 4.69) is 10.3 Å². The lowest BCUT2D eigenvalue weighted by Crippen LogP contribution is -2.49. The van der Waals surface area contributed by atoms with Gasteiger partial charge in [0.05, 0.1) is 24.1 Å². The SMILES string of the molecule is CCCCNC(=O)c1ccccc1N1C(=O)N2CCc3c([nH]c4ccc(OC)cc34)[C@@]2(C)C1=O. The van der Waals surface area contributed by atoms with Gasteiger partial charge < -0.3 is 19.9 Å². The number of aromatic amines is 1. The number of unbranched alkanes of at least 4 members (excludes halogenated alkanes) is 1. The molecule has 1 atom stereocenters. The average molecular weight is 461 g/mol. The number of H-pyrrole nitrogens is 1. The molecule has 1 saturated heterocycles. The fraction of sp³-hybridized carbons (Fsp3) is 0.346. The van der Waals surface area contributed by atoms with Crippen LogP contribution in [-0.4, -0.2) is 47.9 Å². The third-order valence-electron chi connectivity index (χ3n) is 6.97. The van der Waals surface area contributed by atoms with Crippen LogP contribution in [0.3, 0.4) is 0 Å². The Kier molecular flexibility index (Phi) is 5.31. The Bertz CT molecular complexity index is 1310. The normalized spacial score (nSPS) is 19.4.